The van der Waals surface area contributed by atoms with Crippen LogP contribution in [0.4, 0.5) is 0 Å². The predicted molar refractivity (Wildman–Crippen MR) is 72.0 cm³/mol. The largest absolute Gasteiger partial charge is 0.461 e. The third kappa shape index (κ3) is 3.99. The summed E-state index contributed by atoms with van der Waals surface area (Å²) in [5, 5.41) is 0.573. The van der Waals surface area contributed by atoms with E-state index in [1.165, 1.54) is 0 Å². The van der Waals surface area contributed by atoms with Gasteiger partial charge in [0.1, 0.15) is 16.9 Å². The summed E-state index contributed by atoms with van der Waals surface area (Å²) in [6.07, 6.45) is 1.41. The van der Waals surface area contributed by atoms with E-state index in [4.69, 9.17) is 33.7 Å². The summed E-state index contributed by atoms with van der Waals surface area (Å²) >= 11 is 11.5. The van der Waals surface area contributed by atoms with Gasteiger partial charge in [0, 0.05) is 6.04 Å². The third-order valence-electron chi connectivity index (χ3n) is 2.71. The number of nitrogens with two attached hydrogens (primary N) is 1. The van der Waals surface area contributed by atoms with Crippen LogP contribution in [-0.2, 0) is 16.1 Å². The van der Waals surface area contributed by atoms with Crippen molar-refractivity contribution in [1.29, 1.82) is 0 Å². The van der Waals surface area contributed by atoms with Crippen LogP contribution in [0.5, 0.6) is 0 Å². The molecule has 7 heteroatoms. The second-order valence-electron chi connectivity index (χ2n) is 4.16. The summed E-state index contributed by atoms with van der Waals surface area (Å²) in [4.78, 5) is 15.4. The Hall–Kier alpha value is -0.550. The molecule has 0 atom stereocenters. The van der Waals surface area contributed by atoms with Crippen LogP contribution < -0.4 is 5.73 Å². The molecule has 2 rings (SSSR count). The first kappa shape index (κ1) is 15.5. The molecule has 2 N–H and O–H groups in total. The van der Waals surface area contributed by atoms with Gasteiger partial charge in [0.15, 0.2) is 0 Å². The molecule has 1 aliphatic carbocycles. The van der Waals surface area contributed by atoms with E-state index in [1.807, 2.05) is 0 Å². The molecule has 0 spiro atoms. The van der Waals surface area contributed by atoms with Gasteiger partial charge in [-0.2, -0.15) is 0 Å². The lowest BCUT2D eigenvalue weighted by atomic mass is 9.81. The lowest BCUT2D eigenvalue weighted by Gasteiger charge is -2.30. The number of pyridine rings is 1. The highest BCUT2D eigenvalue weighted by Crippen LogP contribution is 2.27. The van der Waals surface area contributed by atoms with E-state index in [9.17, 15) is 4.79 Å². The number of hydrogen-bond acceptors (Lipinski definition) is 4. The lowest BCUT2D eigenvalue weighted by Crippen LogP contribution is -2.41. The molecule has 1 saturated carbocycles. The SMILES string of the molecule is Cl.NC1CC(C(=O)OCc2cc(Cl)nc(Cl)c2)C1. The van der Waals surface area contributed by atoms with Gasteiger partial charge in [0.05, 0.1) is 5.92 Å². The van der Waals surface area contributed by atoms with Crippen LogP contribution >= 0.6 is 35.6 Å². The third-order valence-corrected chi connectivity index (χ3v) is 3.10. The average Bonchev–Trinajstić information content (AvgIpc) is 2.20. The van der Waals surface area contributed by atoms with E-state index in [2.05, 4.69) is 4.98 Å². The smallest absolute Gasteiger partial charge is 0.309 e. The molecule has 0 bridgehead atoms. The van der Waals surface area contributed by atoms with Crippen molar-refractivity contribution in [2.75, 3.05) is 0 Å². The lowest BCUT2D eigenvalue weighted by molar-refractivity contribution is -0.153. The second-order valence-corrected chi connectivity index (χ2v) is 4.93. The minimum absolute atomic E-state index is 0. The number of aromatic nitrogens is 1. The summed E-state index contributed by atoms with van der Waals surface area (Å²) in [7, 11) is 0. The maximum absolute atomic E-state index is 11.6. The molecule has 100 valence electrons. The van der Waals surface area contributed by atoms with Crippen molar-refractivity contribution in [1.82, 2.24) is 4.98 Å². The van der Waals surface area contributed by atoms with E-state index in [0.29, 0.717) is 12.8 Å². The molecule has 18 heavy (non-hydrogen) atoms. The van der Waals surface area contributed by atoms with Gasteiger partial charge in [-0.05, 0) is 30.5 Å². The van der Waals surface area contributed by atoms with Crippen LogP contribution in [0.3, 0.4) is 0 Å². The Morgan fingerprint density at radius 2 is 1.94 bits per heavy atom. The second kappa shape index (κ2) is 6.57. The predicted octanol–water partition coefficient (Wildman–Crippen LogP) is 2.59. The van der Waals surface area contributed by atoms with Crippen molar-refractivity contribution >= 4 is 41.6 Å². The molecule has 0 unspecified atom stereocenters. The number of halogens is 3. The zero-order valence-corrected chi connectivity index (χ0v) is 11.8. The molecular formula is C11H13Cl3N2O2. The van der Waals surface area contributed by atoms with Gasteiger partial charge < -0.3 is 10.5 Å². The monoisotopic (exact) mass is 310 g/mol. The van der Waals surface area contributed by atoms with Crippen LogP contribution in [0.2, 0.25) is 10.3 Å². The highest BCUT2D eigenvalue weighted by Gasteiger charge is 2.33. The number of esters is 1. The molecule has 0 saturated heterocycles. The van der Waals surface area contributed by atoms with E-state index >= 15 is 0 Å². The molecule has 1 aromatic heterocycles. The molecule has 0 amide bonds. The van der Waals surface area contributed by atoms with Gasteiger partial charge in [-0.15, -0.1) is 12.4 Å². The summed E-state index contributed by atoms with van der Waals surface area (Å²) in [6, 6.07) is 3.37. The Bertz CT molecular complexity index is 416. The summed E-state index contributed by atoms with van der Waals surface area (Å²) < 4.78 is 5.15. The fourth-order valence-corrected chi connectivity index (χ4v) is 2.23. The van der Waals surface area contributed by atoms with E-state index in [1.54, 1.807) is 12.1 Å². The summed E-state index contributed by atoms with van der Waals surface area (Å²) in [5.41, 5.74) is 6.33. The van der Waals surface area contributed by atoms with Crippen molar-refractivity contribution in [3.8, 4) is 0 Å². The first-order chi connectivity index (χ1) is 8.04. The number of rotatable bonds is 3. The van der Waals surface area contributed by atoms with Gasteiger partial charge in [-0.1, -0.05) is 23.2 Å². The first-order valence-corrected chi connectivity index (χ1v) is 6.04. The highest BCUT2D eigenvalue weighted by atomic mass is 35.5. The zero-order valence-electron chi connectivity index (χ0n) is 9.44. The van der Waals surface area contributed by atoms with Gasteiger partial charge in [0.25, 0.3) is 0 Å². The summed E-state index contributed by atoms with van der Waals surface area (Å²) in [6.45, 7) is 0.159. The molecular weight excluding hydrogens is 298 g/mol. The Balaban J connectivity index is 0.00000162. The number of carbonyl (C=O) groups excluding carboxylic acids is 1. The van der Waals surface area contributed by atoms with Crippen LogP contribution in [-0.4, -0.2) is 17.0 Å². The molecule has 4 nitrogen and oxygen atoms in total. The number of hydrogen-bond donors (Lipinski definition) is 1. The minimum Gasteiger partial charge on any atom is -0.461 e. The highest BCUT2D eigenvalue weighted by molar-refractivity contribution is 6.32. The quantitative estimate of drug-likeness (QED) is 0.688. The summed E-state index contributed by atoms with van der Waals surface area (Å²) in [5.74, 6) is -0.270. The molecule has 1 aromatic rings. The topological polar surface area (TPSA) is 65.2 Å². The van der Waals surface area contributed by atoms with Gasteiger partial charge in [-0.3, -0.25) is 4.79 Å². The van der Waals surface area contributed by atoms with Crippen LogP contribution in [0.25, 0.3) is 0 Å². The number of ether oxygens (including phenoxy) is 1. The Morgan fingerprint density at radius 1 is 1.39 bits per heavy atom. The van der Waals surface area contributed by atoms with Crippen molar-refractivity contribution in [2.24, 2.45) is 11.7 Å². The molecule has 1 fully saturated rings. The molecule has 0 aliphatic heterocycles. The van der Waals surface area contributed by atoms with E-state index in [-0.39, 0.29) is 47.2 Å². The van der Waals surface area contributed by atoms with Gasteiger partial charge in [0.2, 0.25) is 0 Å². The maximum atomic E-state index is 11.6. The van der Waals surface area contributed by atoms with E-state index < -0.39 is 0 Å². The molecule has 1 aliphatic rings. The standard InChI is InChI=1S/C11H12Cl2N2O2.ClH/c12-9-1-6(2-10(13)15-9)5-17-11(16)7-3-8(14)4-7;/h1-2,7-8H,3-5,14H2;1H. The van der Waals surface area contributed by atoms with Crippen LogP contribution in [0.15, 0.2) is 12.1 Å². The Labute approximate surface area is 121 Å². The Morgan fingerprint density at radius 3 is 2.44 bits per heavy atom. The zero-order chi connectivity index (χ0) is 12.4. The van der Waals surface area contributed by atoms with Crippen molar-refractivity contribution in [2.45, 2.75) is 25.5 Å². The Kier molecular flexibility index (Phi) is 5.66. The van der Waals surface area contributed by atoms with Crippen molar-refractivity contribution < 1.29 is 9.53 Å². The molecule has 0 radical (unpaired) electrons. The maximum Gasteiger partial charge on any atom is 0.309 e. The van der Waals surface area contributed by atoms with E-state index in [0.717, 1.165) is 5.56 Å². The van der Waals surface area contributed by atoms with Gasteiger partial charge >= 0.3 is 5.97 Å². The van der Waals surface area contributed by atoms with Crippen LogP contribution in [0, 0.1) is 5.92 Å². The molecule has 1 heterocycles. The van der Waals surface area contributed by atoms with Crippen molar-refractivity contribution in [3.05, 3.63) is 28.0 Å². The fourth-order valence-electron chi connectivity index (χ4n) is 1.72. The number of carbonyl (C=O) groups is 1. The fraction of sp³-hybridized carbons (Fsp3) is 0.455. The van der Waals surface area contributed by atoms with Gasteiger partial charge in [-0.25, -0.2) is 4.98 Å². The molecule has 0 aromatic carbocycles. The van der Waals surface area contributed by atoms with Crippen LogP contribution in [0.1, 0.15) is 18.4 Å². The number of nitrogens with zero attached hydrogens (tertiary/aromatic N) is 1. The van der Waals surface area contributed by atoms with Crippen molar-refractivity contribution in [3.63, 3.8) is 0 Å². The minimum atomic E-state index is -0.212. The average molecular weight is 312 g/mol. The first-order valence-electron chi connectivity index (χ1n) is 5.29. The normalized spacial score (nSPS) is 21.7.